The van der Waals surface area contributed by atoms with Gasteiger partial charge in [-0.15, -0.1) is 24.0 Å². The van der Waals surface area contributed by atoms with Crippen LogP contribution in [0.4, 0.5) is 4.79 Å². The van der Waals surface area contributed by atoms with E-state index in [4.69, 9.17) is 9.73 Å². The summed E-state index contributed by atoms with van der Waals surface area (Å²) < 4.78 is 5.09. The Morgan fingerprint density at radius 1 is 1.14 bits per heavy atom. The fraction of sp³-hybridized carbons (Fsp3) is 0.900. The molecule has 0 unspecified atom stereocenters. The summed E-state index contributed by atoms with van der Waals surface area (Å²) in [5, 5.41) is 6.90. The maximum absolute atomic E-state index is 11.8. The van der Waals surface area contributed by atoms with E-state index < -0.39 is 0 Å². The Hall–Kier alpha value is -0.770. The van der Waals surface area contributed by atoms with E-state index in [1.807, 2.05) is 6.92 Å². The number of likely N-dealkylation sites (N-methyl/N-ethyl adjacent to an activating group) is 1. The number of guanidine groups is 1. The van der Waals surface area contributed by atoms with Crippen molar-refractivity contribution in [3.05, 3.63) is 0 Å². The Bertz CT molecular complexity index is 464. The molecule has 0 bridgehead atoms. The van der Waals surface area contributed by atoms with Crippen LogP contribution in [0, 0.1) is 0 Å². The lowest BCUT2D eigenvalue weighted by molar-refractivity contribution is 0.0963. The number of halogens is 1. The Kier molecular flexibility index (Phi) is 12.9. The van der Waals surface area contributed by atoms with Gasteiger partial charge in [-0.2, -0.15) is 0 Å². The fourth-order valence-electron chi connectivity index (χ4n) is 3.96. The van der Waals surface area contributed by atoms with Crippen molar-refractivity contribution in [1.82, 2.24) is 20.4 Å². The molecule has 28 heavy (non-hydrogen) atoms. The van der Waals surface area contributed by atoms with Gasteiger partial charge in [0.2, 0.25) is 0 Å². The molecule has 1 saturated carbocycles. The number of carbonyl (C=O) groups is 1. The lowest BCUT2D eigenvalue weighted by atomic mass is 9.94. The Morgan fingerprint density at radius 3 is 2.43 bits per heavy atom. The summed E-state index contributed by atoms with van der Waals surface area (Å²) in [5.41, 5.74) is 0. The molecule has 1 heterocycles. The van der Waals surface area contributed by atoms with E-state index in [9.17, 15) is 4.79 Å². The van der Waals surface area contributed by atoms with Crippen LogP contribution in [-0.4, -0.2) is 80.3 Å². The van der Waals surface area contributed by atoms with Crippen molar-refractivity contribution in [2.45, 2.75) is 70.9 Å². The normalized spacial score (nSPS) is 19.3. The number of hydrogen-bond acceptors (Lipinski definition) is 4. The molecule has 0 aromatic carbocycles. The quantitative estimate of drug-likeness (QED) is 0.314. The molecular formula is C20H40IN5O2. The predicted octanol–water partition coefficient (Wildman–Crippen LogP) is 3.04. The second-order valence-electron chi connectivity index (χ2n) is 7.64. The zero-order valence-electron chi connectivity index (χ0n) is 17.9. The molecule has 1 aliphatic heterocycles. The number of amides is 1. The van der Waals surface area contributed by atoms with Crippen LogP contribution in [0.5, 0.6) is 0 Å². The van der Waals surface area contributed by atoms with Gasteiger partial charge in [0.25, 0.3) is 0 Å². The van der Waals surface area contributed by atoms with Crippen LogP contribution in [0.2, 0.25) is 0 Å². The van der Waals surface area contributed by atoms with E-state index >= 15 is 0 Å². The van der Waals surface area contributed by atoms with Gasteiger partial charge in [0.05, 0.1) is 13.2 Å². The number of piperidine rings is 1. The van der Waals surface area contributed by atoms with Crippen molar-refractivity contribution in [2.75, 3.05) is 46.4 Å². The number of ether oxygens (including phenoxy) is 1. The first-order chi connectivity index (χ1) is 13.1. The molecule has 0 radical (unpaired) electrons. The summed E-state index contributed by atoms with van der Waals surface area (Å²) in [6.07, 6.45) is 8.44. The number of carbonyl (C=O) groups excluding carboxylic acids is 1. The van der Waals surface area contributed by atoms with Crippen molar-refractivity contribution in [3.8, 4) is 0 Å². The zero-order chi connectivity index (χ0) is 19.5. The van der Waals surface area contributed by atoms with Crippen LogP contribution in [0.3, 0.4) is 0 Å². The van der Waals surface area contributed by atoms with Gasteiger partial charge in [0.15, 0.2) is 5.96 Å². The topological polar surface area (TPSA) is 69.2 Å². The monoisotopic (exact) mass is 509 g/mol. The fourth-order valence-corrected chi connectivity index (χ4v) is 3.96. The molecule has 0 atom stereocenters. The highest BCUT2D eigenvalue weighted by molar-refractivity contribution is 14.0. The number of nitrogens with one attached hydrogen (secondary N) is 2. The lowest BCUT2D eigenvalue weighted by Crippen LogP contribution is -2.50. The standard InChI is InChI=1S/C20H39N5O2.HI/c1-4-21-19(22-13-16-24(3)18-9-7-6-8-10-18)23-17-11-14-25(15-12-17)20(26)27-5-2;/h17-18H,4-16H2,1-3H3,(H2,21,22,23);1H. The summed E-state index contributed by atoms with van der Waals surface area (Å²) in [5.74, 6) is 0.893. The molecule has 164 valence electrons. The van der Waals surface area contributed by atoms with Gasteiger partial charge >= 0.3 is 6.09 Å². The third kappa shape index (κ3) is 8.71. The SMILES string of the molecule is CCNC(=NCCN(C)C1CCCCC1)NC1CCN(C(=O)OCC)CC1.I. The second kappa shape index (κ2) is 14.3. The lowest BCUT2D eigenvalue weighted by Gasteiger charge is -2.32. The Balaban J connectivity index is 0.00000392. The van der Waals surface area contributed by atoms with E-state index in [-0.39, 0.29) is 30.1 Å². The Morgan fingerprint density at radius 2 is 1.82 bits per heavy atom. The van der Waals surface area contributed by atoms with E-state index in [1.165, 1.54) is 32.1 Å². The summed E-state index contributed by atoms with van der Waals surface area (Å²) in [6.45, 7) is 8.51. The highest BCUT2D eigenvalue weighted by atomic mass is 127. The number of likely N-dealkylation sites (tertiary alicyclic amines) is 1. The molecular weight excluding hydrogens is 469 g/mol. The summed E-state index contributed by atoms with van der Waals surface area (Å²) >= 11 is 0. The van der Waals surface area contributed by atoms with E-state index in [2.05, 4.69) is 29.5 Å². The summed E-state index contributed by atoms with van der Waals surface area (Å²) in [4.78, 5) is 20.9. The van der Waals surface area contributed by atoms with E-state index in [0.717, 1.165) is 57.6 Å². The molecule has 1 aliphatic carbocycles. The molecule has 2 N–H and O–H groups in total. The van der Waals surface area contributed by atoms with Gasteiger partial charge in [-0.05, 0) is 46.6 Å². The van der Waals surface area contributed by atoms with Crippen LogP contribution in [0.1, 0.15) is 58.8 Å². The predicted molar refractivity (Wildman–Crippen MR) is 126 cm³/mol. The number of hydrogen-bond donors (Lipinski definition) is 2. The third-order valence-electron chi connectivity index (χ3n) is 5.63. The average molecular weight is 509 g/mol. The van der Waals surface area contributed by atoms with Crippen molar-refractivity contribution in [2.24, 2.45) is 4.99 Å². The minimum absolute atomic E-state index is 0. The van der Waals surface area contributed by atoms with Gasteiger partial charge in [-0.3, -0.25) is 4.99 Å². The molecule has 2 fully saturated rings. The van der Waals surface area contributed by atoms with Crippen LogP contribution < -0.4 is 10.6 Å². The van der Waals surface area contributed by atoms with Crippen LogP contribution in [-0.2, 0) is 4.74 Å². The smallest absolute Gasteiger partial charge is 0.409 e. The summed E-state index contributed by atoms with van der Waals surface area (Å²) in [6, 6.07) is 1.08. The number of rotatable bonds is 7. The first kappa shape index (κ1) is 25.3. The van der Waals surface area contributed by atoms with Gasteiger partial charge < -0.3 is 25.2 Å². The van der Waals surface area contributed by atoms with E-state index in [1.54, 1.807) is 4.90 Å². The van der Waals surface area contributed by atoms with Crippen molar-refractivity contribution < 1.29 is 9.53 Å². The Labute approximate surface area is 188 Å². The van der Waals surface area contributed by atoms with Crippen molar-refractivity contribution in [1.29, 1.82) is 0 Å². The van der Waals surface area contributed by atoms with E-state index in [0.29, 0.717) is 12.6 Å². The van der Waals surface area contributed by atoms with Gasteiger partial charge in [-0.1, -0.05) is 19.3 Å². The summed E-state index contributed by atoms with van der Waals surface area (Å²) in [7, 11) is 2.23. The van der Waals surface area contributed by atoms with Crippen LogP contribution >= 0.6 is 24.0 Å². The maximum atomic E-state index is 11.8. The number of nitrogens with zero attached hydrogens (tertiary/aromatic N) is 3. The second-order valence-corrected chi connectivity index (χ2v) is 7.64. The van der Waals surface area contributed by atoms with Gasteiger partial charge in [0, 0.05) is 38.3 Å². The first-order valence-corrected chi connectivity index (χ1v) is 10.8. The van der Waals surface area contributed by atoms with Gasteiger partial charge in [0.1, 0.15) is 0 Å². The zero-order valence-corrected chi connectivity index (χ0v) is 20.2. The minimum atomic E-state index is -0.192. The molecule has 0 aromatic heterocycles. The first-order valence-electron chi connectivity index (χ1n) is 10.8. The molecule has 2 rings (SSSR count). The van der Waals surface area contributed by atoms with Crippen molar-refractivity contribution in [3.63, 3.8) is 0 Å². The average Bonchev–Trinajstić information content (AvgIpc) is 2.69. The molecule has 1 saturated heterocycles. The third-order valence-corrected chi connectivity index (χ3v) is 5.63. The highest BCUT2D eigenvalue weighted by Gasteiger charge is 2.24. The molecule has 0 spiro atoms. The molecule has 1 amide bonds. The highest BCUT2D eigenvalue weighted by Crippen LogP contribution is 2.21. The molecule has 2 aliphatic rings. The molecule has 8 heteroatoms. The van der Waals surface area contributed by atoms with Crippen LogP contribution in [0.25, 0.3) is 0 Å². The molecule has 7 nitrogen and oxygen atoms in total. The van der Waals surface area contributed by atoms with Crippen molar-refractivity contribution >= 4 is 36.0 Å². The number of aliphatic imine (C=N–C) groups is 1. The minimum Gasteiger partial charge on any atom is -0.450 e. The van der Waals surface area contributed by atoms with Gasteiger partial charge in [-0.25, -0.2) is 4.79 Å². The molecule has 0 aromatic rings. The van der Waals surface area contributed by atoms with Crippen LogP contribution in [0.15, 0.2) is 4.99 Å². The largest absolute Gasteiger partial charge is 0.450 e. The maximum Gasteiger partial charge on any atom is 0.409 e.